The molecule has 0 N–H and O–H groups in total. The van der Waals surface area contributed by atoms with E-state index in [4.69, 9.17) is 4.42 Å². The van der Waals surface area contributed by atoms with Gasteiger partial charge in [0.1, 0.15) is 11.5 Å². The summed E-state index contributed by atoms with van der Waals surface area (Å²) in [4.78, 5) is 19.6. The van der Waals surface area contributed by atoms with E-state index in [0.717, 1.165) is 63.5 Å². The Hall–Kier alpha value is -1.33. The quantitative estimate of drug-likeness (QED) is 0.805. The fourth-order valence-electron chi connectivity index (χ4n) is 3.33. The third kappa shape index (κ3) is 4.58. The summed E-state index contributed by atoms with van der Waals surface area (Å²) in [5.41, 5.74) is 0. The zero-order valence-corrected chi connectivity index (χ0v) is 14.5. The first-order valence-corrected chi connectivity index (χ1v) is 8.95. The van der Waals surface area contributed by atoms with Gasteiger partial charge in [0.25, 0.3) is 0 Å². The van der Waals surface area contributed by atoms with Gasteiger partial charge in [0.2, 0.25) is 5.91 Å². The molecule has 3 rings (SSSR count). The second kappa shape index (κ2) is 7.49. The number of rotatable bonds is 6. The molecule has 1 aromatic heterocycles. The molecule has 2 heterocycles. The highest BCUT2D eigenvalue weighted by molar-refractivity contribution is 5.79. The second-order valence-corrected chi connectivity index (χ2v) is 6.83. The standard InChI is InChI=1S/C18H29N3O2/c1-3-19-9-4-10-20(12-11-19)14-18(22)21(16-6-7-16)13-17-8-5-15(2)23-17/h5,8,16H,3-4,6-7,9-14H2,1-2H3. The van der Waals surface area contributed by atoms with Crippen LogP contribution in [-0.4, -0.2) is 65.9 Å². The molecule has 2 aliphatic rings. The fraction of sp³-hybridized carbons (Fsp3) is 0.722. The Morgan fingerprint density at radius 1 is 1.22 bits per heavy atom. The minimum Gasteiger partial charge on any atom is -0.464 e. The van der Waals surface area contributed by atoms with Crippen molar-refractivity contribution in [3.8, 4) is 0 Å². The molecule has 0 radical (unpaired) electrons. The number of likely N-dealkylation sites (N-methyl/N-ethyl adjacent to an activating group) is 1. The second-order valence-electron chi connectivity index (χ2n) is 6.83. The lowest BCUT2D eigenvalue weighted by atomic mass is 10.3. The van der Waals surface area contributed by atoms with Gasteiger partial charge in [0.05, 0.1) is 13.1 Å². The molecule has 0 aromatic carbocycles. The molecule has 0 unspecified atom stereocenters. The van der Waals surface area contributed by atoms with E-state index in [9.17, 15) is 4.79 Å². The molecule has 1 aromatic rings. The molecule has 5 nitrogen and oxygen atoms in total. The Morgan fingerprint density at radius 2 is 1.96 bits per heavy atom. The molecule has 2 fully saturated rings. The van der Waals surface area contributed by atoms with Gasteiger partial charge >= 0.3 is 0 Å². The smallest absolute Gasteiger partial charge is 0.237 e. The minimum absolute atomic E-state index is 0.256. The van der Waals surface area contributed by atoms with Crippen LogP contribution in [0.1, 0.15) is 37.7 Å². The van der Waals surface area contributed by atoms with Gasteiger partial charge in [-0.15, -0.1) is 0 Å². The maximum atomic E-state index is 12.8. The van der Waals surface area contributed by atoms with Crippen LogP contribution in [-0.2, 0) is 11.3 Å². The monoisotopic (exact) mass is 319 g/mol. The molecule has 1 aliphatic heterocycles. The number of carbonyl (C=O) groups excluding carboxylic acids is 1. The molecular weight excluding hydrogens is 290 g/mol. The van der Waals surface area contributed by atoms with E-state index < -0.39 is 0 Å². The van der Waals surface area contributed by atoms with E-state index in [0.29, 0.717) is 19.1 Å². The topological polar surface area (TPSA) is 39.9 Å². The van der Waals surface area contributed by atoms with Gasteiger partial charge in [-0.3, -0.25) is 9.69 Å². The van der Waals surface area contributed by atoms with Crippen molar-refractivity contribution in [2.75, 3.05) is 39.3 Å². The number of carbonyl (C=O) groups is 1. The first kappa shape index (κ1) is 16.5. The zero-order chi connectivity index (χ0) is 16.2. The summed E-state index contributed by atoms with van der Waals surface area (Å²) in [6.45, 7) is 10.7. The van der Waals surface area contributed by atoms with Crippen molar-refractivity contribution in [3.63, 3.8) is 0 Å². The molecule has 1 aliphatic carbocycles. The molecule has 0 atom stereocenters. The molecule has 1 amide bonds. The molecule has 23 heavy (non-hydrogen) atoms. The van der Waals surface area contributed by atoms with E-state index in [1.165, 1.54) is 0 Å². The Bertz CT molecular complexity index is 524. The van der Waals surface area contributed by atoms with Gasteiger partial charge in [0, 0.05) is 19.1 Å². The van der Waals surface area contributed by atoms with Crippen LogP contribution in [0.3, 0.4) is 0 Å². The van der Waals surface area contributed by atoms with Gasteiger partial charge in [-0.2, -0.15) is 0 Å². The molecule has 0 bridgehead atoms. The Kier molecular flexibility index (Phi) is 5.38. The van der Waals surface area contributed by atoms with Crippen LogP contribution in [0.15, 0.2) is 16.5 Å². The summed E-state index contributed by atoms with van der Waals surface area (Å²) in [7, 11) is 0. The highest BCUT2D eigenvalue weighted by Crippen LogP contribution is 2.29. The number of amides is 1. The zero-order valence-electron chi connectivity index (χ0n) is 14.5. The van der Waals surface area contributed by atoms with Crippen LogP contribution in [0.2, 0.25) is 0 Å². The van der Waals surface area contributed by atoms with Crippen LogP contribution in [0.25, 0.3) is 0 Å². The van der Waals surface area contributed by atoms with Crippen LogP contribution >= 0.6 is 0 Å². The average molecular weight is 319 g/mol. The van der Waals surface area contributed by atoms with E-state index in [1.807, 2.05) is 24.0 Å². The van der Waals surface area contributed by atoms with E-state index >= 15 is 0 Å². The number of nitrogens with zero attached hydrogens (tertiary/aromatic N) is 3. The van der Waals surface area contributed by atoms with Gasteiger partial charge in [-0.05, 0) is 58.0 Å². The highest BCUT2D eigenvalue weighted by atomic mass is 16.3. The lowest BCUT2D eigenvalue weighted by molar-refractivity contribution is -0.133. The number of aryl methyl sites for hydroxylation is 1. The predicted molar refractivity (Wildman–Crippen MR) is 90.2 cm³/mol. The maximum absolute atomic E-state index is 12.8. The lowest BCUT2D eigenvalue weighted by Gasteiger charge is -2.26. The van der Waals surface area contributed by atoms with Gasteiger partial charge in [-0.25, -0.2) is 0 Å². The van der Waals surface area contributed by atoms with Crippen molar-refractivity contribution in [2.24, 2.45) is 0 Å². The van der Waals surface area contributed by atoms with Crippen molar-refractivity contribution < 1.29 is 9.21 Å². The fourth-order valence-corrected chi connectivity index (χ4v) is 3.33. The maximum Gasteiger partial charge on any atom is 0.237 e. The van der Waals surface area contributed by atoms with Crippen LogP contribution in [0, 0.1) is 6.92 Å². The Labute approximate surface area is 139 Å². The van der Waals surface area contributed by atoms with E-state index in [1.54, 1.807) is 0 Å². The van der Waals surface area contributed by atoms with Gasteiger partial charge in [0.15, 0.2) is 0 Å². The molecule has 1 saturated heterocycles. The normalized spacial score (nSPS) is 20.4. The van der Waals surface area contributed by atoms with Crippen LogP contribution in [0.4, 0.5) is 0 Å². The summed E-state index contributed by atoms with van der Waals surface area (Å²) < 4.78 is 5.67. The average Bonchev–Trinajstić information content (AvgIpc) is 3.32. The van der Waals surface area contributed by atoms with E-state index in [-0.39, 0.29) is 5.91 Å². The lowest BCUT2D eigenvalue weighted by Crippen LogP contribution is -2.42. The van der Waals surface area contributed by atoms with E-state index in [2.05, 4.69) is 16.7 Å². The third-order valence-electron chi connectivity index (χ3n) is 4.92. The summed E-state index contributed by atoms with van der Waals surface area (Å²) >= 11 is 0. The van der Waals surface area contributed by atoms with Gasteiger partial charge in [-0.1, -0.05) is 6.92 Å². The molecule has 5 heteroatoms. The highest BCUT2D eigenvalue weighted by Gasteiger charge is 2.33. The minimum atomic E-state index is 0.256. The summed E-state index contributed by atoms with van der Waals surface area (Å²) in [6, 6.07) is 4.38. The summed E-state index contributed by atoms with van der Waals surface area (Å²) in [5, 5.41) is 0. The van der Waals surface area contributed by atoms with Crippen LogP contribution in [0.5, 0.6) is 0 Å². The number of hydrogen-bond donors (Lipinski definition) is 0. The first-order chi connectivity index (χ1) is 11.2. The largest absolute Gasteiger partial charge is 0.464 e. The number of hydrogen-bond acceptors (Lipinski definition) is 4. The third-order valence-corrected chi connectivity index (χ3v) is 4.92. The Morgan fingerprint density at radius 3 is 2.61 bits per heavy atom. The Balaban J connectivity index is 1.56. The SMILES string of the molecule is CCN1CCCN(CC(=O)N(Cc2ccc(C)o2)C2CC2)CC1. The molecule has 1 saturated carbocycles. The van der Waals surface area contributed by atoms with Crippen molar-refractivity contribution >= 4 is 5.91 Å². The van der Waals surface area contributed by atoms with Crippen molar-refractivity contribution in [1.82, 2.24) is 14.7 Å². The summed E-state index contributed by atoms with van der Waals surface area (Å²) in [6.07, 6.45) is 3.42. The number of furan rings is 1. The van der Waals surface area contributed by atoms with Gasteiger partial charge < -0.3 is 14.2 Å². The van der Waals surface area contributed by atoms with Crippen molar-refractivity contribution in [3.05, 3.63) is 23.7 Å². The summed E-state index contributed by atoms with van der Waals surface area (Å²) in [5.74, 6) is 2.07. The van der Waals surface area contributed by atoms with Crippen molar-refractivity contribution in [1.29, 1.82) is 0 Å². The predicted octanol–water partition coefficient (Wildman–Crippen LogP) is 2.11. The first-order valence-electron chi connectivity index (χ1n) is 8.95. The van der Waals surface area contributed by atoms with Crippen molar-refractivity contribution in [2.45, 2.75) is 45.7 Å². The molecule has 0 spiro atoms. The molecule has 128 valence electrons. The molecular formula is C18H29N3O2. The van der Waals surface area contributed by atoms with Crippen LogP contribution < -0.4 is 0 Å².